The molecule has 6 aromatic rings. The molecule has 2 heterocycles. The minimum atomic E-state index is -0.139. The minimum absolute atomic E-state index is 0.139. The van der Waals surface area contributed by atoms with Gasteiger partial charge in [-0.2, -0.15) is 0 Å². The van der Waals surface area contributed by atoms with E-state index in [1.807, 2.05) is 72.8 Å². The van der Waals surface area contributed by atoms with E-state index in [-0.39, 0.29) is 5.41 Å². The van der Waals surface area contributed by atoms with Crippen LogP contribution in [0.1, 0.15) is 30.8 Å². The predicted molar refractivity (Wildman–Crippen MR) is 189 cm³/mol. The van der Waals surface area contributed by atoms with Gasteiger partial charge in [0.2, 0.25) is 0 Å². The maximum absolute atomic E-state index is 6.76. The number of aromatic nitrogens is 3. The van der Waals surface area contributed by atoms with Crippen LogP contribution >= 0.6 is 0 Å². The molecule has 8 rings (SSSR count). The van der Waals surface area contributed by atoms with Crippen LogP contribution in [0.4, 0.5) is 0 Å². The van der Waals surface area contributed by atoms with E-state index in [9.17, 15) is 0 Å². The predicted octanol–water partition coefficient (Wildman–Crippen LogP) is 10.8. The van der Waals surface area contributed by atoms with Crippen molar-refractivity contribution in [3.63, 3.8) is 0 Å². The second kappa shape index (κ2) is 11.1. The standard InChI is InChI=1S/C42H31N3O2/c1-5-15-26(6-2)39-43-40(27-16-8-7-9-17-27)45-41(44-39)31-20-11-10-18-28(31)30-21-14-23-35-38(30)47-36-24-32-29-19-12-13-22-33(29)42(3,4)34(32)25-37(36)46-35/h5-25H,1-2H2,3-4H3/b26-15+. The summed E-state index contributed by atoms with van der Waals surface area (Å²) >= 11 is 0. The first kappa shape index (κ1) is 28.4. The number of benzene rings is 5. The van der Waals surface area contributed by atoms with Crippen LogP contribution in [0.5, 0.6) is 23.0 Å². The molecule has 0 unspecified atom stereocenters. The van der Waals surface area contributed by atoms with Crippen LogP contribution in [0.3, 0.4) is 0 Å². The van der Waals surface area contributed by atoms with E-state index in [4.69, 9.17) is 24.4 Å². The van der Waals surface area contributed by atoms with Gasteiger partial charge < -0.3 is 9.47 Å². The summed E-state index contributed by atoms with van der Waals surface area (Å²) in [5, 5.41) is 0. The van der Waals surface area contributed by atoms with Crippen molar-refractivity contribution in [2.45, 2.75) is 19.3 Å². The molecule has 1 aromatic heterocycles. The van der Waals surface area contributed by atoms with Crippen LogP contribution in [0.2, 0.25) is 0 Å². The fraction of sp³-hybridized carbons (Fsp3) is 0.0714. The van der Waals surface area contributed by atoms with Crippen molar-refractivity contribution in [1.29, 1.82) is 0 Å². The fourth-order valence-electron chi connectivity index (χ4n) is 6.63. The molecule has 1 aliphatic carbocycles. The molecule has 0 fully saturated rings. The lowest BCUT2D eigenvalue weighted by atomic mass is 9.82. The van der Waals surface area contributed by atoms with Gasteiger partial charge in [0.15, 0.2) is 40.5 Å². The Morgan fingerprint density at radius 1 is 0.596 bits per heavy atom. The van der Waals surface area contributed by atoms with Gasteiger partial charge in [0.25, 0.3) is 0 Å². The number of fused-ring (bicyclic) bond motifs is 5. The lowest BCUT2D eigenvalue weighted by molar-refractivity contribution is 0.360. The highest BCUT2D eigenvalue weighted by atomic mass is 16.6. The summed E-state index contributed by atoms with van der Waals surface area (Å²) in [5.41, 5.74) is 9.06. The number of hydrogen-bond acceptors (Lipinski definition) is 5. The zero-order valence-electron chi connectivity index (χ0n) is 26.2. The summed E-state index contributed by atoms with van der Waals surface area (Å²) in [6.45, 7) is 12.4. The zero-order valence-corrected chi connectivity index (χ0v) is 26.2. The quantitative estimate of drug-likeness (QED) is 0.176. The molecule has 0 bridgehead atoms. The summed E-state index contributed by atoms with van der Waals surface area (Å²) in [4.78, 5) is 14.7. The first-order valence-electron chi connectivity index (χ1n) is 15.6. The Labute approximate surface area is 274 Å². The first-order chi connectivity index (χ1) is 23.0. The van der Waals surface area contributed by atoms with Crippen molar-refractivity contribution in [1.82, 2.24) is 15.0 Å². The maximum atomic E-state index is 6.76. The number of nitrogens with zero attached hydrogens (tertiary/aromatic N) is 3. The Bertz CT molecular complexity index is 2270. The largest absolute Gasteiger partial charge is 0.449 e. The SMILES string of the molecule is C=C/C=C(\C=C)c1nc(-c2ccccc2)nc(-c2ccccc2-c2cccc3c2Oc2cc4c(cc2O3)C(C)(C)c2ccccc2-4)n1. The van der Waals surface area contributed by atoms with E-state index in [2.05, 4.69) is 69.5 Å². The van der Waals surface area contributed by atoms with Crippen LogP contribution in [0.25, 0.3) is 50.6 Å². The van der Waals surface area contributed by atoms with Crippen molar-refractivity contribution in [3.05, 3.63) is 158 Å². The summed E-state index contributed by atoms with van der Waals surface area (Å²) in [5.74, 6) is 4.32. The van der Waals surface area contributed by atoms with E-state index in [1.165, 1.54) is 22.3 Å². The number of ether oxygens (including phenoxy) is 2. The van der Waals surface area contributed by atoms with Gasteiger partial charge in [-0.15, -0.1) is 0 Å². The van der Waals surface area contributed by atoms with Crippen molar-refractivity contribution in [2.75, 3.05) is 0 Å². The molecule has 226 valence electrons. The molecule has 0 saturated heterocycles. The number of allylic oxidation sites excluding steroid dienone is 4. The van der Waals surface area contributed by atoms with Crippen LogP contribution in [-0.2, 0) is 5.41 Å². The second-order valence-corrected chi connectivity index (χ2v) is 12.1. The van der Waals surface area contributed by atoms with E-state index in [0.717, 1.165) is 27.8 Å². The second-order valence-electron chi connectivity index (χ2n) is 12.1. The molecule has 0 saturated carbocycles. The van der Waals surface area contributed by atoms with Gasteiger partial charge in [0.1, 0.15) is 0 Å². The van der Waals surface area contributed by atoms with Gasteiger partial charge in [-0.05, 0) is 46.0 Å². The summed E-state index contributed by atoms with van der Waals surface area (Å²) in [6.07, 6.45) is 5.28. The van der Waals surface area contributed by atoms with E-state index in [0.29, 0.717) is 40.5 Å². The van der Waals surface area contributed by atoms with Gasteiger partial charge in [-0.3, -0.25) is 0 Å². The van der Waals surface area contributed by atoms with Gasteiger partial charge in [-0.1, -0.05) is 136 Å². The van der Waals surface area contributed by atoms with E-state index in [1.54, 1.807) is 12.2 Å². The molecular weight excluding hydrogens is 578 g/mol. The molecule has 0 N–H and O–H groups in total. The summed E-state index contributed by atoms with van der Waals surface area (Å²) in [6, 6.07) is 36.8. The smallest absolute Gasteiger partial charge is 0.177 e. The molecule has 2 aliphatic rings. The molecule has 1 aliphatic heterocycles. The fourth-order valence-corrected chi connectivity index (χ4v) is 6.63. The van der Waals surface area contributed by atoms with Gasteiger partial charge in [-0.25, -0.2) is 15.0 Å². The maximum Gasteiger partial charge on any atom is 0.177 e. The molecule has 0 radical (unpaired) electrons. The molecule has 5 heteroatoms. The Kier molecular flexibility index (Phi) is 6.69. The topological polar surface area (TPSA) is 57.1 Å². The highest BCUT2D eigenvalue weighted by Crippen LogP contribution is 2.56. The third-order valence-corrected chi connectivity index (χ3v) is 8.96. The lowest BCUT2D eigenvalue weighted by Gasteiger charge is -2.26. The Balaban J connectivity index is 1.27. The highest BCUT2D eigenvalue weighted by Gasteiger charge is 2.37. The van der Waals surface area contributed by atoms with Crippen LogP contribution in [0, 0.1) is 0 Å². The Morgan fingerprint density at radius 2 is 1.28 bits per heavy atom. The third kappa shape index (κ3) is 4.67. The van der Waals surface area contributed by atoms with Crippen molar-refractivity contribution < 1.29 is 9.47 Å². The van der Waals surface area contributed by atoms with E-state index < -0.39 is 0 Å². The minimum Gasteiger partial charge on any atom is -0.449 e. The van der Waals surface area contributed by atoms with Crippen molar-refractivity contribution in [3.8, 4) is 68.0 Å². The Hall–Kier alpha value is -6.07. The molecule has 5 aromatic carbocycles. The van der Waals surface area contributed by atoms with Crippen LogP contribution in [-0.4, -0.2) is 15.0 Å². The molecule has 0 amide bonds. The summed E-state index contributed by atoms with van der Waals surface area (Å²) < 4.78 is 13.3. The number of hydrogen-bond donors (Lipinski definition) is 0. The number of para-hydroxylation sites is 1. The number of rotatable bonds is 6. The molecule has 0 atom stereocenters. The highest BCUT2D eigenvalue weighted by molar-refractivity contribution is 5.88. The van der Waals surface area contributed by atoms with Gasteiger partial charge >= 0.3 is 0 Å². The normalized spacial score (nSPS) is 13.7. The molecular formula is C42H31N3O2. The van der Waals surface area contributed by atoms with Gasteiger partial charge in [0, 0.05) is 27.7 Å². The first-order valence-corrected chi connectivity index (χ1v) is 15.6. The average molecular weight is 610 g/mol. The van der Waals surface area contributed by atoms with Crippen molar-refractivity contribution in [2.24, 2.45) is 0 Å². The van der Waals surface area contributed by atoms with Gasteiger partial charge in [0.05, 0.1) is 0 Å². The van der Waals surface area contributed by atoms with Crippen LogP contribution < -0.4 is 9.47 Å². The average Bonchev–Trinajstić information content (AvgIpc) is 3.33. The Morgan fingerprint density at radius 3 is 2.06 bits per heavy atom. The molecule has 5 nitrogen and oxygen atoms in total. The third-order valence-electron chi connectivity index (χ3n) is 8.96. The lowest BCUT2D eigenvalue weighted by Crippen LogP contribution is -2.15. The molecule has 0 spiro atoms. The van der Waals surface area contributed by atoms with Crippen LogP contribution in [0.15, 0.2) is 141 Å². The zero-order chi connectivity index (χ0) is 32.1. The van der Waals surface area contributed by atoms with Crippen molar-refractivity contribution >= 4 is 5.57 Å². The summed E-state index contributed by atoms with van der Waals surface area (Å²) in [7, 11) is 0. The van der Waals surface area contributed by atoms with E-state index >= 15 is 0 Å². The molecule has 47 heavy (non-hydrogen) atoms. The monoisotopic (exact) mass is 609 g/mol.